The fourth-order valence-corrected chi connectivity index (χ4v) is 1.58. The average Bonchev–Trinajstić information content (AvgIpc) is 2.16. The van der Waals surface area contributed by atoms with Crippen LogP contribution in [0.3, 0.4) is 0 Å². The van der Waals surface area contributed by atoms with Gasteiger partial charge < -0.3 is 4.90 Å². The molecule has 0 radical (unpaired) electrons. The van der Waals surface area contributed by atoms with E-state index in [0.717, 1.165) is 6.42 Å². The van der Waals surface area contributed by atoms with Gasteiger partial charge in [0.05, 0.1) is 0 Å². The third kappa shape index (κ3) is 2.28. The zero-order valence-electron chi connectivity index (χ0n) is 9.96. The lowest BCUT2D eigenvalue weighted by atomic mass is 10.1. The van der Waals surface area contributed by atoms with E-state index in [-0.39, 0.29) is 0 Å². The molecule has 0 aromatic heterocycles. The summed E-state index contributed by atoms with van der Waals surface area (Å²) < 4.78 is 0. The molecule has 0 saturated carbocycles. The summed E-state index contributed by atoms with van der Waals surface area (Å²) in [6.07, 6.45) is 1.10. The summed E-state index contributed by atoms with van der Waals surface area (Å²) >= 11 is 0. The summed E-state index contributed by atoms with van der Waals surface area (Å²) in [6, 6.07) is 7.26. The maximum atomic E-state index is 2.34. The number of aryl methyl sites for hydroxylation is 2. The lowest BCUT2D eigenvalue weighted by molar-refractivity contribution is 0.749. The Labute approximate surface area is 87.7 Å². The average molecular weight is 191 g/mol. The smallest absolute Gasteiger partial charge is 0.0401 e. The minimum absolute atomic E-state index is 0.557. The molecule has 1 nitrogen and oxygen atoms in total. The second kappa shape index (κ2) is 4.50. The van der Waals surface area contributed by atoms with Gasteiger partial charge in [-0.1, -0.05) is 19.1 Å². The summed E-state index contributed by atoms with van der Waals surface area (Å²) in [6.45, 7) is 8.81. The van der Waals surface area contributed by atoms with Crippen LogP contribution in [-0.2, 0) is 6.42 Å². The van der Waals surface area contributed by atoms with Crippen molar-refractivity contribution >= 4 is 5.69 Å². The van der Waals surface area contributed by atoms with Gasteiger partial charge in [-0.05, 0) is 44.4 Å². The molecule has 0 unspecified atom stereocenters. The van der Waals surface area contributed by atoms with Crippen molar-refractivity contribution in [1.29, 1.82) is 0 Å². The Hall–Kier alpha value is -0.980. The molecule has 0 aliphatic heterocycles. The molecule has 1 aromatic carbocycles. The van der Waals surface area contributed by atoms with Crippen LogP contribution in [0, 0.1) is 6.92 Å². The minimum Gasteiger partial charge on any atom is -0.372 e. The quantitative estimate of drug-likeness (QED) is 0.707. The fourth-order valence-electron chi connectivity index (χ4n) is 1.58. The zero-order chi connectivity index (χ0) is 10.7. The maximum absolute atomic E-state index is 2.34. The molecule has 0 spiro atoms. The van der Waals surface area contributed by atoms with Crippen molar-refractivity contribution in [2.75, 3.05) is 11.9 Å². The largest absolute Gasteiger partial charge is 0.372 e. The minimum atomic E-state index is 0.557. The van der Waals surface area contributed by atoms with E-state index in [4.69, 9.17) is 0 Å². The van der Waals surface area contributed by atoms with Gasteiger partial charge in [0.1, 0.15) is 0 Å². The highest BCUT2D eigenvalue weighted by molar-refractivity contribution is 5.55. The van der Waals surface area contributed by atoms with E-state index in [9.17, 15) is 0 Å². The molecule has 0 saturated heterocycles. The highest BCUT2D eigenvalue weighted by Crippen LogP contribution is 2.23. The first-order valence-electron chi connectivity index (χ1n) is 5.38. The monoisotopic (exact) mass is 191 g/mol. The number of anilines is 1. The summed E-state index contributed by atoms with van der Waals surface area (Å²) in [5, 5.41) is 0. The van der Waals surface area contributed by atoms with Crippen molar-refractivity contribution in [3.8, 4) is 0 Å². The van der Waals surface area contributed by atoms with Gasteiger partial charge in [-0.2, -0.15) is 0 Å². The lowest BCUT2D eigenvalue weighted by Crippen LogP contribution is -2.26. The number of hydrogen-bond donors (Lipinski definition) is 0. The molecule has 0 bridgehead atoms. The highest BCUT2D eigenvalue weighted by Gasteiger charge is 2.08. The van der Waals surface area contributed by atoms with Crippen molar-refractivity contribution in [3.63, 3.8) is 0 Å². The molecule has 0 amide bonds. The van der Waals surface area contributed by atoms with Gasteiger partial charge in [-0.15, -0.1) is 0 Å². The van der Waals surface area contributed by atoms with Crippen LogP contribution in [0.5, 0.6) is 0 Å². The molecule has 0 aliphatic carbocycles. The van der Waals surface area contributed by atoms with Crippen molar-refractivity contribution in [2.24, 2.45) is 0 Å². The SMILES string of the molecule is CCc1ccc(C)cc1N(C)C(C)C. The Kier molecular flexibility index (Phi) is 3.56. The third-order valence-electron chi connectivity index (χ3n) is 2.78. The van der Waals surface area contributed by atoms with Crippen LogP contribution < -0.4 is 4.90 Å². The summed E-state index contributed by atoms with van der Waals surface area (Å²) in [5.41, 5.74) is 4.15. The lowest BCUT2D eigenvalue weighted by Gasteiger charge is -2.26. The number of rotatable bonds is 3. The molecule has 78 valence electrons. The van der Waals surface area contributed by atoms with E-state index >= 15 is 0 Å². The van der Waals surface area contributed by atoms with Crippen molar-refractivity contribution in [3.05, 3.63) is 29.3 Å². The maximum Gasteiger partial charge on any atom is 0.0401 e. The number of hydrogen-bond acceptors (Lipinski definition) is 1. The first kappa shape index (κ1) is 11.1. The van der Waals surface area contributed by atoms with Gasteiger partial charge in [-0.25, -0.2) is 0 Å². The predicted molar refractivity (Wildman–Crippen MR) is 64.1 cm³/mol. The Balaban J connectivity index is 3.10. The van der Waals surface area contributed by atoms with E-state index in [2.05, 4.69) is 57.8 Å². The molecule has 0 atom stereocenters. The van der Waals surface area contributed by atoms with Crippen LogP contribution in [-0.4, -0.2) is 13.1 Å². The molecule has 1 rings (SSSR count). The Morgan fingerprint density at radius 2 is 1.93 bits per heavy atom. The third-order valence-corrected chi connectivity index (χ3v) is 2.78. The van der Waals surface area contributed by atoms with Gasteiger partial charge >= 0.3 is 0 Å². The van der Waals surface area contributed by atoms with Gasteiger partial charge in [0, 0.05) is 18.8 Å². The second-order valence-electron chi connectivity index (χ2n) is 4.19. The van der Waals surface area contributed by atoms with Crippen LogP contribution in [0.25, 0.3) is 0 Å². The highest BCUT2D eigenvalue weighted by atomic mass is 15.1. The molecule has 1 heteroatoms. The predicted octanol–water partition coefficient (Wildman–Crippen LogP) is 3.40. The molecule has 14 heavy (non-hydrogen) atoms. The number of nitrogens with zero attached hydrogens (tertiary/aromatic N) is 1. The van der Waals surface area contributed by atoms with Crippen LogP contribution in [0.15, 0.2) is 18.2 Å². The topological polar surface area (TPSA) is 3.24 Å². The van der Waals surface area contributed by atoms with Crippen LogP contribution in [0.1, 0.15) is 31.9 Å². The fraction of sp³-hybridized carbons (Fsp3) is 0.538. The Bertz CT molecular complexity index is 302. The van der Waals surface area contributed by atoms with Gasteiger partial charge in [0.15, 0.2) is 0 Å². The van der Waals surface area contributed by atoms with E-state index in [1.807, 2.05) is 0 Å². The number of benzene rings is 1. The zero-order valence-corrected chi connectivity index (χ0v) is 9.96. The van der Waals surface area contributed by atoms with Gasteiger partial charge in [-0.3, -0.25) is 0 Å². The standard InChI is InChI=1S/C13H21N/c1-6-12-8-7-11(4)9-13(12)14(5)10(2)3/h7-10H,6H2,1-5H3. The molecule has 0 N–H and O–H groups in total. The molecular weight excluding hydrogens is 170 g/mol. The molecule has 0 aliphatic rings. The molecule has 1 aromatic rings. The molecule has 0 fully saturated rings. The van der Waals surface area contributed by atoms with Crippen LogP contribution in [0.4, 0.5) is 5.69 Å². The molecular formula is C13H21N. The first-order valence-corrected chi connectivity index (χ1v) is 5.38. The van der Waals surface area contributed by atoms with Crippen LogP contribution in [0.2, 0.25) is 0 Å². The summed E-state index contributed by atoms with van der Waals surface area (Å²) in [4.78, 5) is 2.34. The van der Waals surface area contributed by atoms with E-state index in [1.165, 1.54) is 16.8 Å². The van der Waals surface area contributed by atoms with E-state index in [0.29, 0.717) is 6.04 Å². The van der Waals surface area contributed by atoms with Gasteiger partial charge in [0.2, 0.25) is 0 Å². The van der Waals surface area contributed by atoms with E-state index in [1.54, 1.807) is 0 Å². The van der Waals surface area contributed by atoms with Gasteiger partial charge in [0.25, 0.3) is 0 Å². The normalized spacial score (nSPS) is 10.7. The second-order valence-corrected chi connectivity index (χ2v) is 4.19. The van der Waals surface area contributed by atoms with Crippen molar-refractivity contribution in [1.82, 2.24) is 0 Å². The summed E-state index contributed by atoms with van der Waals surface area (Å²) in [5.74, 6) is 0. The Morgan fingerprint density at radius 3 is 2.43 bits per heavy atom. The van der Waals surface area contributed by atoms with Crippen LogP contribution >= 0.6 is 0 Å². The summed E-state index contributed by atoms with van der Waals surface area (Å²) in [7, 11) is 2.17. The van der Waals surface area contributed by atoms with Crippen molar-refractivity contribution in [2.45, 2.75) is 40.2 Å². The first-order chi connectivity index (χ1) is 6.56. The Morgan fingerprint density at radius 1 is 1.29 bits per heavy atom. The molecule has 0 heterocycles. The van der Waals surface area contributed by atoms with E-state index < -0.39 is 0 Å². The van der Waals surface area contributed by atoms with Crippen molar-refractivity contribution < 1.29 is 0 Å².